The lowest BCUT2D eigenvalue weighted by Crippen LogP contribution is -2.41. The van der Waals surface area contributed by atoms with Gasteiger partial charge in [0.15, 0.2) is 0 Å². The zero-order valence-corrected chi connectivity index (χ0v) is 18.7. The van der Waals surface area contributed by atoms with Crippen LogP contribution in [-0.2, 0) is 13.1 Å². The highest BCUT2D eigenvalue weighted by Gasteiger charge is 2.48. The van der Waals surface area contributed by atoms with E-state index < -0.39 is 0 Å². The van der Waals surface area contributed by atoms with Crippen LogP contribution in [0.4, 0.5) is 0 Å². The predicted molar refractivity (Wildman–Crippen MR) is 121 cm³/mol. The van der Waals surface area contributed by atoms with Gasteiger partial charge in [-0.05, 0) is 52.8 Å². The molecule has 0 heterocycles. The highest BCUT2D eigenvalue weighted by atomic mass is 35.5. The van der Waals surface area contributed by atoms with E-state index in [1.165, 1.54) is 24.0 Å². The molecule has 152 valence electrons. The summed E-state index contributed by atoms with van der Waals surface area (Å²) in [6.45, 7) is 10.9. The smallest absolute Gasteiger partial charge is 0.0450 e. The lowest BCUT2D eigenvalue weighted by atomic mass is 9.71. The Morgan fingerprint density at radius 2 is 1.18 bits per heavy atom. The summed E-state index contributed by atoms with van der Waals surface area (Å²) < 4.78 is 0. The first-order valence-electron chi connectivity index (χ1n) is 10.2. The lowest BCUT2D eigenvalue weighted by Gasteiger charge is -2.38. The molecule has 2 atom stereocenters. The van der Waals surface area contributed by atoms with Crippen LogP contribution in [0.1, 0.15) is 44.7 Å². The minimum Gasteiger partial charge on any atom is -0.312 e. The second-order valence-corrected chi connectivity index (χ2v) is 9.73. The van der Waals surface area contributed by atoms with E-state index >= 15 is 0 Å². The van der Waals surface area contributed by atoms with E-state index in [2.05, 4.69) is 43.5 Å². The van der Waals surface area contributed by atoms with Gasteiger partial charge in [-0.1, -0.05) is 80.4 Å². The summed E-state index contributed by atoms with van der Waals surface area (Å²) in [6.07, 6.45) is 2.49. The molecule has 0 aromatic heterocycles. The zero-order valence-electron chi connectivity index (χ0n) is 17.2. The molecule has 28 heavy (non-hydrogen) atoms. The fourth-order valence-electron chi connectivity index (χ4n) is 4.58. The van der Waals surface area contributed by atoms with Crippen LogP contribution in [0.3, 0.4) is 0 Å². The van der Waals surface area contributed by atoms with Crippen molar-refractivity contribution in [2.75, 3.05) is 13.1 Å². The molecular formula is C24H32Cl2N2. The Bertz CT molecular complexity index is 728. The van der Waals surface area contributed by atoms with Crippen molar-refractivity contribution >= 4 is 23.2 Å². The maximum Gasteiger partial charge on any atom is 0.0450 e. The van der Waals surface area contributed by atoms with Gasteiger partial charge in [0.25, 0.3) is 0 Å². The molecule has 0 bridgehead atoms. The van der Waals surface area contributed by atoms with E-state index in [1.54, 1.807) is 0 Å². The molecule has 2 unspecified atom stereocenters. The second-order valence-electron chi connectivity index (χ2n) is 8.92. The van der Waals surface area contributed by atoms with Crippen LogP contribution in [0.25, 0.3) is 0 Å². The van der Waals surface area contributed by atoms with Gasteiger partial charge < -0.3 is 10.6 Å². The maximum absolute atomic E-state index is 6.29. The molecule has 1 saturated carbocycles. The van der Waals surface area contributed by atoms with Gasteiger partial charge in [0.2, 0.25) is 0 Å². The number of hydrogen-bond acceptors (Lipinski definition) is 2. The van der Waals surface area contributed by atoms with E-state index in [0.29, 0.717) is 16.7 Å². The van der Waals surface area contributed by atoms with Gasteiger partial charge >= 0.3 is 0 Å². The van der Waals surface area contributed by atoms with Crippen molar-refractivity contribution in [3.63, 3.8) is 0 Å². The summed E-state index contributed by atoms with van der Waals surface area (Å²) >= 11 is 12.6. The Hall–Kier alpha value is -1.06. The van der Waals surface area contributed by atoms with Gasteiger partial charge in [-0.3, -0.25) is 0 Å². The largest absolute Gasteiger partial charge is 0.312 e. The number of hydrogen-bond donors (Lipinski definition) is 2. The van der Waals surface area contributed by atoms with Crippen molar-refractivity contribution in [3.05, 3.63) is 69.7 Å². The number of benzene rings is 2. The third-order valence-electron chi connectivity index (χ3n) is 6.96. The molecule has 2 aromatic rings. The van der Waals surface area contributed by atoms with Gasteiger partial charge in [-0.15, -0.1) is 0 Å². The van der Waals surface area contributed by atoms with Crippen LogP contribution in [0, 0.1) is 16.7 Å². The quantitative estimate of drug-likeness (QED) is 0.524. The van der Waals surface area contributed by atoms with E-state index in [-0.39, 0.29) is 0 Å². The van der Waals surface area contributed by atoms with Crippen LogP contribution < -0.4 is 10.6 Å². The van der Waals surface area contributed by atoms with E-state index in [1.807, 2.05) is 36.4 Å². The fraction of sp³-hybridized carbons (Fsp3) is 0.500. The fourth-order valence-corrected chi connectivity index (χ4v) is 4.98. The van der Waals surface area contributed by atoms with Gasteiger partial charge in [0.05, 0.1) is 0 Å². The minimum atomic E-state index is 0.294. The molecule has 0 amide bonds. The molecule has 1 fully saturated rings. The SMILES string of the molecule is CC1C(C)(CNCc2ccccc2Cl)CCC1(C)CNCc1ccccc1Cl. The summed E-state index contributed by atoms with van der Waals surface area (Å²) in [7, 11) is 0. The molecule has 0 saturated heterocycles. The van der Waals surface area contributed by atoms with Crippen molar-refractivity contribution in [3.8, 4) is 0 Å². The van der Waals surface area contributed by atoms with Crippen LogP contribution >= 0.6 is 23.2 Å². The first-order valence-corrected chi connectivity index (χ1v) is 11.0. The topological polar surface area (TPSA) is 24.1 Å². The van der Waals surface area contributed by atoms with E-state index in [0.717, 1.165) is 36.2 Å². The Morgan fingerprint density at radius 1 is 0.786 bits per heavy atom. The first kappa shape index (κ1) is 21.6. The summed E-state index contributed by atoms with van der Waals surface area (Å²) in [5.41, 5.74) is 2.93. The lowest BCUT2D eigenvalue weighted by molar-refractivity contribution is 0.138. The monoisotopic (exact) mass is 418 g/mol. The van der Waals surface area contributed by atoms with Crippen molar-refractivity contribution in [1.29, 1.82) is 0 Å². The third-order valence-corrected chi connectivity index (χ3v) is 7.70. The number of rotatable bonds is 8. The minimum absolute atomic E-state index is 0.294. The van der Waals surface area contributed by atoms with Crippen molar-refractivity contribution in [1.82, 2.24) is 10.6 Å². The summed E-state index contributed by atoms with van der Waals surface area (Å²) in [5, 5.41) is 9.00. The average Bonchev–Trinajstić information content (AvgIpc) is 2.90. The molecule has 2 N–H and O–H groups in total. The van der Waals surface area contributed by atoms with Gasteiger partial charge in [-0.2, -0.15) is 0 Å². The molecule has 4 heteroatoms. The van der Waals surface area contributed by atoms with Crippen molar-refractivity contribution in [2.24, 2.45) is 16.7 Å². The highest BCUT2D eigenvalue weighted by Crippen LogP contribution is 2.53. The Labute approximate surface area is 180 Å². The standard InChI is InChI=1S/C24H32Cl2N2/c1-18-23(2,16-27-14-19-8-4-6-10-21(19)25)12-13-24(18,3)17-28-15-20-9-5-7-11-22(20)26/h4-11,18,27-28H,12-17H2,1-3H3. The van der Waals surface area contributed by atoms with Crippen LogP contribution in [0.15, 0.2) is 48.5 Å². The van der Waals surface area contributed by atoms with Crippen molar-refractivity contribution in [2.45, 2.75) is 46.7 Å². The molecule has 0 spiro atoms. The van der Waals surface area contributed by atoms with Crippen LogP contribution in [0.5, 0.6) is 0 Å². The number of nitrogens with one attached hydrogen (secondary N) is 2. The Morgan fingerprint density at radius 3 is 1.57 bits per heavy atom. The molecule has 2 nitrogen and oxygen atoms in total. The summed E-state index contributed by atoms with van der Waals surface area (Å²) in [6, 6.07) is 16.2. The predicted octanol–water partition coefficient (Wildman–Crippen LogP) is 6.32. The van der Waals surface area contributed by atoms with Gasteiger partial charge in [0, 0.05) is 36.2 Å². The normalized spacial score (nSPS) is 27.2. The van der Waals surface area contributed by atoms with Gasteiger partial charge in [-0.25, -0.2) is 0 Å². The maximum atomic E-state index is 6.29. The summed E-state index contributed by atoms with van der Waals surface area (Å²) in [4.78, 5) is 0. The number of halogens is 2. The van der Waals surface area contributed by atoms with Gasteiger partial charge in [0.1, 0.15) is 0 Å². The third kappa shape index (κ3) is 4.91. The molecule has 3 rings (SSSR count). The second kappa shape index (κ2) is 9.17. The summed E-state index contributed by atoms with van der Waals surface area (Å²) in [5.74, 6) is 0.623. The molecule has 1 aliphatic carbocycles. The highest BCUT2D eigenvalue weighted by molar-refractivity contribution is 6.31. The van der Waals surface area contributed by atoms with Crippen LogP contribution in [-0.4, -0.2) is 13.1 Å². The molecular weight excluding hydrogens is 387 g/mol. The van der Waals surface area contributed by atoms with Crippen LogP contribution in [0.2, 0.25) is 10.0 Å². The molecule has 0 radical (unpaired) electrons. The van der Waals surface area contributed by atoms with E-state index in [9.17, 15) is 0 Å². The Kier molecular flexibility index (Phi) is 7.09. The Balaban J connectivity index is 1.52. The molecule has 0 aliphatic heterocycles. The first-order chi connectivity index (χ1) is 13.3. The molecule has 1 aliphatic rings. The zero-order chi connectivity index (χ0) is 20.2. The average molecular weight is 419 g/mol. The van der Waals surface area contributed by atoms with Crippen molar-refractivity contribution < 1.29 is 0 Å². The van der Waals surface area contributed by atoms with E-state index in [4.69, 9.17) is 23.2 Å². The molecule has 2 aromatic carbocycles.